The summed E-state index contributed by atoms with van der Waals surface area (Å²) in [7, 11) is 0. The van der Waals surface area contributed by atoms with Crippen LogP contribution in [-0.2, 0) is 4.79 Å². The number of amides is 1. The third kappa shape index (κ3) is 4.43. The third-order valence-electron chi connectivity index (χ3n) is 4.61. The minimum atomic E-state index is -1.09. The maximum atomic E-state index is 12.5. The van der Waals surface area contributed by atoms with Crippen LogP contribution in [0.2, 0.25) is 5.02 Å². The summed E-state index contributed by atoms with van der Waals surface area (Å²) in [5.41, 5.74) is 2.88. The predicted molar refractivity (Wildman–Crippen MR) is 114 cm³/mol. The van der Waals surface area contributed by atoms with Crippen molar-refractivity contribution < 1.29 is 19.1 Å². The first kappa shape index (κ1) is 20.9. The van der Waals surface area contributed by atoms with E-state index in [9.17, 15) is 14.9 Å². The summed E-state index contributed by atoms with van der Waals surface area (Å²) in [5, 5.41) is 21.6. The second-order valence-corrected chi connectivity index (χ2v) is 6.98. The molecular weight excluding hydrogens is 404 g/mol. The molecule has 1 aromatic heterocycles. The molecule has 150 valence electrons. The van der Waals surface area contributed by atoms with Crippen molar-refractivity contribution in [2.75, 3.05) is 5.32 Å². The topological polar surface area (TPSA) is 103 Å². The Morgan fingerprint density at radius 2 is 1.93 bits per heavy atom. The van der Waals surface area contributed by atoms with Crippen LogP contribution in [0.5, 0.6) is 0 Å². The van der Waals surface area contributed by atoms with Crippen LogP contribution in [0.4, 0.5) is 5.69 Å². The van der Waals surface area contributed by atoms with E-state index in [4.69, 9.17) is 21.1 Å². The predicted octanol–water partition coefficient (Wildman–Crippen LogP) is 5.46. The number of nitrogens with one attached hydrogen (secondary N) is 1. The van der Waals surface area contributed by atoms with Crippen molar-refractivity contribution in [1.82, 2.24) is 0 Å². The number of carbonyl (C=O) groups excluding carboxylic acids is 1. The van der Waals surface area contributed by atoms with Crippen LogP contribution in [0.1, 0.15) is 27.2 Å². The van der Waals surface area contributed by atoms with E-state index < -0.39 is 11.9 Å². The number of halogens is 1. The van der Waals surface area contributed by atoms with Crippen molar-refractivity contribution in [3.8, 4) is 17.4 Å². The zero-order chi connectivity index (χ0) is 21.8. The SMILES string of the molecule is Cc1cccc(NC(=O)C(C#N)=Cc2ccc(-c3cc(C(=O)O)ccc3Cl)o2)c1C. The monoisotopic (exact) mass is 420 g/mol. The molecule has 0 aliphatic heterocycles. The van der Waals surface area contributed by atoms with Crippen LogP contribution < -0.4 is 5.32 Å². The number of nitriles is 1. The van der Waals surface area contributed by atoms with Crippen molar-refractivity contribution in [2.45, 2.75) is 13.8 Å². The Morgan fingerprint density at radius 3 is 2.63 bits per heavy atom. The number of aromatic carboxylic acids is 1. The normalized spacial score (nSPS) is 11.1. The van der Waals surface area contributed by atoms with Gasteiger partial charge in [0.05, 0.1) is 10.6 Å². The van der Waals surface area contributed by atoms with E-state index in [1.54, 1.807) is 18.2 Å². The Kier molecular flexibility index (Phi) is 6.05. The molecule has 1 heterocycles. The van der Waals surface area contributed by atoms with Gasteiger partial charge in [-0.25, -0.2) is 4.79 Å². The highest BCUT2D eigenvalue weighted by Crippen LogP contribution is 2.31. The molecule has 0 radical (unpaired) electrons. The number of anilines is 1. The third-order valence-corrected chi connectivity index (χ3v) is 4.94. The van der Waals surface area contributed by atoms with E-state index in [0.29, 0.717) is 22.0 Å². The minimum Gasteiger partial charge on any atom is -0.478 e. The van der Waals surface area contributed by atoms with E-state index >= 15 is 0 Å². The molecule has 3 rings (SSSR count). The summed E-state index contributed by atoms with van der Waals surface area (Å²) < 4.78 is 5.68. The van der Waals surface area contributed by atoms with Gasteiger partial charge in [0.25, 0.3) is 5.91 Å². The fourth-order valence-corrected chi connectivity index (χ4v) is 3.00. The molecule has 0 saturated carbocycles. The molecule has 3 aromatic rings. The number of carboxylic acids is 1. The van der Waals surface area contributed by atoms with Gasteiger partial charge in [-0.1, -0.05) is 23.7 Å². The number of hydrogen-bond donors (Lipinski definition) is 2. The average Bonchev–Trinajstić information content (AvgIpc) is 3.18. The Hall–Kier alpha value is -3.82. The number of nitrogens with zero attached hydrogens (tertiary/aromatic N) is 1. The Morgan fingerprint density at radius 1 is 1.17 bits per heavy atom. The van der Waals surface area contributed by atoms with Gasteiger partial charge in [-0.2, -0.15) is 5.26 Å². The Bertz CT molecular complexity index is 1220. The molecule has 30 heavy (non-hydrogen) atoms. The molecule has 0 aliphatic carbocycles. The molecule has 0 aliphatic rings. The number of carboxylic acid groups (broad SMARTS) is 1. The van der Waals surface area contributed by atoms with E-state index in [2.05, 4.69) is 5.32 Å². The molecule has 7 heteroatoms. The fraction of sp³-hybridized carbons (Fsp3) is 0.0870. The Balaban J connectivity index is 1.88. The maximum Gasteiger partial charge on any atom is 0.335 e. The molecule has 0 unspecified atom stereocenters. The summed E-state index contributed by atoms with van der Waals surface area (Å²) in [6.45, 7) is 3.81. The highest BCUT2D eigenvalue weighted by atomic mass is 35.5. The second kappa shape index (κ2) is 8.68. The second-order valence-electron chi connectivity index (χ2n) is 6.57. The number of rotatable bonds is 5. The molecule has 2 aromatic carbocycles. The van der Waals surface area contributed by atoms with Gasteiger partial charge in [-0.3, -0.25) is 4.79 Å². The van der Waals surface area contributed by atoms with Gasteiger partial charge in [0.15, 0.2) is 0 Å². The lowest BCUT2D eigenvalue weighted by Gasteiger charge is -2.09. The summed E-state index contributed by atoms with van der Waals surface area (Å²) in [6.07, 6.45) is 1.32. The standard InChI is InChI=1S/C23H17ClN2O4/c1-13-4-3-5-20(14(13)2)26-22(27)16(12-25)10-17-7-9-21(30-17)18-11-15(23(28)29)6-8-19(18)24/h3-11H,1-2H3,(H,26,27)(H,28,29). The van der Waals surface area contributed by atoms with Gasteiger partial charge in [0.1, 0.15) is 23.2 Å². The molecular formula is C23H17ClN2O4. The van der Waals surface area contributed by atoms with Crippen LogP contribution >= 0.6 is 11.6 Å². The summed E-state index contributed by atoms with van der Waals surface area (Å²) in [4.78, 5) is 23.7. The zero-order valence-corrected chi connectivity index (χ0v) is 16.9. The number of benzene rings is 2. The molecule has 0 fully saturated rings. The first-order valence-corrected chi connectivity index (χ1v) is 9.30. The van der Waals surface area contributed by atoms with Gasteiger partial charge < -0.3 is 14.8 Å². The molecule has 0 bridgehead atoms. The summed E-state index contributed by atoms with van der Waals surface area (Å²) in [5.74, 6) is -1.07. The molecule has 2 N–H and O–H groups in total. The summed E-state index contributed by atoms with van der Waals surface area (Å²) in [6, 6.07) is 14.8. The van der Waals surface area contributed by atoms with Crippen LogP contribution in [0, 0.1) is 25.2 Å². The van der Waals surface area contributed by atoms with Crippen LogP contribution in [0.25, 0.3) is 17.4 Å². The molecule has 1 amide bonds. The largest absolute Gasteiger partial charge is 0.478 e. The number of hydrogen-bond acceptors (Lipinski definition) is 4. The van der Waals surface area contributed by atoms with E-state index in [0.717, 1.165) is 11.1 Å². The first-order chi connectivity index (χ1) is 14.3. The number of carbonyl (C=O) groups is 2. The molecule has 0 atom stereocenters. The first-order valence-electron chi connectivity index (χ1n) is 8.92. The van der Waals surface area contributed by atoms with Crippen LogP contribution in [0.15, 0.2) is 58.5 Å². The van der Waals surface area contributed by atoms with Gasteiger partial charge in [-0.15, -0.1) is 0 Å². The van der Waals surface area contributed by atoms with E-state index in [1.165, 1.54) is 24.3 Å². The van der Waals surface area contributed by atoms with Crippen molar-refractivity contribution >= 4 is 35.2 Å². The van der Waals surface area contributed by atoms with Gasteiger partial charge in [0.2, 0.25) is 0 Å². The number of furan rings is 1. The molecule has 0 saturated heterocycles. The van der Waals surface area contributed by atoms with Gasteiger partial charge in [-0.05, 0) is 61.4 Å². The molecule has 6 nitrogen and oxygen atoms in total. The fourth-order valence-electron chi connectivity index (χ4n) is 2.79. The summed E-state index contributed by atoms with van der Waals surface area (Å²) >= 11 is 6.16. The van der Waals surface area contributed by atoms with Crippen molar-refractivity contribution in [3.05, 3.63) is 81.6 Å². The van der Waals surface area contributed by atoms with Crippen molar-refractivity contribution in [1.29, 1.82) is 5.26 Å². The lowest BCUT2D eigenvalue weighted by Crippen LogP contribution is -2.14. The quantitative estimate of drug-likeness (QED) is 0.421. The van der Waals surface area contributed by atoms with Gasteiger partial charge in [0, 0.05) is 17.3 Å². The Labute approximate surface area is 178 Å². The molecule has 0 spiro atoms. The maximum absolute atomic E-state index is 12.5. The lowest BCUT2D eigenvalue weighted by atomic mass is 10.1. The minimum absolute atomic E-state index is 0.0634. The van der Waals surface area contributed by atoms with Gasteiger partial charge >= 0.3 is 5.97 Å². The smallest absolute Gasteiger partial charge is 0.335 e. The number of aryl methyl sites for hydroxylation is 1. The lowest BCUT2D eigenvalue weighted by molar-refractivity contribution is -0.112. The van der Waals surface area contributed by atoms with Crippen LogP contribution in [-0.4, -0.2) is 17.0 Å². The van der Waals surface area contributed by atoms with E-state index in [-0.39, 0.29) is 16.9 Å². The van der Waals surface area contributed by atoms with Crippen molar-refractivity contribution in [3.63, 3.8) is 0 Å². The highest BCUT2D eigenvalue weighted by molar-refractivity contribution is 6.33. The zero-order valence-electron chi connectivity index (χ0n) is 16.2. The average molecular weight is 421 g/mol. The van der Waals surface area contributed by atoms with Crippen LogP contribution in [0.3, 0.4) is 0 Å². The van der Waals surface area contributed by atoms with E-state index in [1.807, 2.05) is 32.0 Å². The van der Waals surface area contributed by atoms with Crippen molar-refractivity contribution in [2.24, 2.45) is 0 Å². The highest BCUT2D eigenvalue weighted by Gasteiger charge is 2.15.